The lowest BCUT2D eigenvalue weighted by atomic mass is 9.90. The lowest BCUT2D eigenvalue weighted by molar-refractivity contribution is 0.181. The fourth-order valence-electron chi connectivity index (χ4n) is 1.51. The van der Waals surface area contributed by atoms with Crippen molar-refractivity contribution in [3.8, 4) is 0 Å². The molecule has 0 unspecified atom stereocenters. The molecule has 1 heterocycles. The van der Waals surface area contributed by atoms with Gasteiger partial charge >= 0.3 is 0 Å². The Bertz CT molecular complexity index is 134. The molecule has 0 amide bonds. The quantitative estimate of drug-likeness (QED) is 0.551. The molecular formula is C9H18N2. The van der Waals surface area contributed by atoms with Gasteiger partial charge in [-0.15, -0.1) is 0 Å². The molecule has 0 radical (unpaired) electrons. The summed E-state index contributed by atoms with van der Waals surface area (Å²) in [6.45, 7) is 11.6. The second kappa shape index (κ2) is 3.35. The molecular weight excluding hydrogens is 136 g/mol. The molecule has 0 aromatic carbocycles. The van der Waals surface area contributed by atoms with Crippen LogP contribution in [0, 0.1) is 0 Å². The average Bonchev–Trinajstić information content (AvgIpc) is 2.06. The van der Waals surface area contributed by atoms with Gasteiger partial charge in [0, 0.05) is 13.1 Å². The van der Waals surface area contributed by atoms with E-state index in [-0.39, 0.29) is 5.54 Å². The minimum absolute atomic E-state index is 0.172. The molecule has 1 saturated heterocycles. The molecule has 0 spiro atoms. The highest BCUT2D eigenvalue weighted by Crippen LogP contribution is 2.24. The summed E-state index contributed by atoms with van der Waals surface area (Å²) in [4.78, 5) is 6.64. The van der Waals surface area contributed by atoms with Crippen LogP contribution in [0.1, 0.15) is 26.7 Å². The smallest absolute Gasteiger partial charge is 0.0597 e. The third kappa shape index (κ3) is 2.03. The minimum Gasteiger partial charge on any atom is -0.303 e. The van der Waals surface area contributed by atoms with Crippen molar-refractivity contribution in [2.45, 2.75) is 32.2 Å². The van der Waals surface area contributed by atoms with E-state index in [9.17, 15) is 0 Å². The maximum atomic E-state index is 4.17. The van der Waals surface area contributed by atoms with Gasteiger partial charge < -0.3 is 4.90 Å². The number of rotatable bonds is 2. The van der Waals surface area contributed by atoms with Gasteiger partial charge in [-0.3, -0.25) is 4.99 Å². The van der Waals surface area contributed by atoms with Gasteiger partial charge in [0.2, 0.25) is 0 Å². The molecule has 0 saturated carbocycles. The van der Waals surface area contributed by atoms with E-state index in [0.29, 0.717) is 0 Å². The van der Waals surface area contributed by atoms with E-state index >= 15 is 0 Å². The highest BCUT2D eigenvalue weighted by molar-refractivity contribution is 5.26. The number of likely N-dealkylation sites (tertiary alicyclic amines) is 1. The van der Waals surface area contributed by atoms with Crippen molar-refractivity contribution in [2.75, 3.05) is 19.6 Å². The summed E-state index contributed by atoms with van der Waals surface area (Å²) in [6, 6.07) is 0. The second-order valence-electron chi connectivity index (χ2n) is 3.59. The van der Waals surface area contributed by atoms with Crippen LogP contribution < -0.4 is 0 Å². The van der Waals surface area contributed by atoms with Gasteiger partial charge in [-0.05, 0) is 33.0 Å². The van der Waals surface area contributed by atoms with Gasteiger partial charge in [0.25, 0.3) is 0 Å². The summed E-state index contributed by atoms with van der Waals surface area (Å²) in [5, 5.41) is 0. The molecule has 64 valence electrons. The summed E-state index contributed by atoms with van der Waals surface area (Å²) in [5.41, 5.74) is 0.172. The lowest BCUT2D eigenvalue weighted by Gasteiger charge is -2.35. The van der Waals surface area contributed by atoms with Crippen LogP contribution >= 0.6 is 0 Å². The molecule has 2 heteroatoms. The number of aliphatic imine (C=N–C) groups is 1. The maximum absolute atomic E-state index is 4.17. The van der Waals surface area contributed by atoms with E-state index in [1.165, 1.54) is 32.5 Å². The summed E-state index contributed by atoms with van der Waals surface area (Å²) >= 11 is 0. The molecule has 1 fully saturated rings. The van der Waals surface area contributed by atoms with Gasteiger partial charge in [-0.25, -0.2) is 0 Å². The Morgan fingerprint density at radius 1 is 1.45 bits per heavy atom. The molecule has 11 heavy (non-hydrogen) atoms. The Balaban J connectivity index is 2.41. The van der Waals surface area contributed by atoms with Crippen molar-refractivity contribution in [2.24, 2.45) is 4.99 Å². The summed E-state index contributed by atoms with van der Waals surface area (Å²) in [7, 11) is 0. The molecule has 0 atom stereocenters. The highest BCUT2D eigenvalue weighted by atomic mass is 15.1. The van der Waals surface area contributed by atoms with Crippen LogP contribution in [-0.4, -0.2) is 36.8 Å². The van der Waals surface area contributed by atoms with Crippen molar-refractivity contribution in [3.63, 3.8) is 0 Å². The van der Waals surface area contributed by atoms with Gasteiger partial charge in [0.15, 0.2) is 0 Å². The highest BCUT2D eigenvalue weighted by Gasteiger charge is 2.27. The van der Waals surface area contributed by atoms with E-state index in [1.807, 2.05) is 0 Å². The first-order chi connectivity index (χ1) is 5.20. The Morgan fingerprint density at radius 3 is 2.36 bits per heavy atom. The zero-order valence-electron chi connectivity index (χ0n) is 7.64. The molecule has 1 rings (SSSR count). The molecule has 2 nitrogen and oxygen atoms in total. The Hall–Kier alpha value is -0.370. The molecule has 0 aliphatic carbocycles. The van der Waals surface area contributed by atoms with Crippen molar-refractivity contribution in [3.05, 3.63) is 0 Å². The first-order valence-corrected chi connectivity index (χ1v) is 4.40. The van der Waals surface area contributed by atoms with Crippen LogP contribution in [-0.2, 0) is 0 Å². The first kappa shape index (κ1) is 8.72. The molecule has 0 N–H and O–H groups in total. The number of piperidine rings is 1. The third-order valence-electron chi connectivity index (χ3n) is 2.76. The van der Waals surface area contributed by atoms with Crippen LogP contribution in [0.25, 0.3) is 0 Å². The van der Waals surface area contributed by atoms with Crippen molar-refractivity contribution < 1.29 is 0 Å². The molecule has 0 aromatic rings. The fourth-order valence-corrected chi connectivity index (χ4v) is 1.51. The van der Waals surface area contributed by atoms with E-state index in [1.54, 1.807) is 0 Å². The SMILES string of the molecule is C=NC1(C)CCN(CC)CC1. The zero-order valence-corrected chi connectivity index (χ0v) is 7.64. The summed E-state index contributed by atoms with van der Waals surface area (Å²) in [6.07, 6.45) is 2.34. The lowest BCUT2D eigenvalue weighted by Crippen LogP contribution is -2.41. The number of hydrogen-bond donors (Lipinski definition) is 0. The van der Waals surface area contributed by atoms with Crippen molar-refractivity contribution >= 4 is 6.72 Å². The van der Waals surface area contributed by atoms with Crippen molar-refractivity contribution in [1.82, 2.24) is 4.90 Å². The molecule has 1 aliphatic heterocycles. The predicted octanol–water partition coefficient (Wildman–Crippen LogP) is 1.56. The molecule has 0 aromatic heterocycles. The Kier molecular flexibility index (Phi) is 2.66. The summed E-state index contributed by atoms with van der Waals surface area (Å²) in [5.74, 6) is 0. The van der Waals surface area contributed by atoms with Gasteiger partial charge in [-0.2, -0.15) is 0 Å². The molecule has 1 aliphatic rings. The predicted molar refractivity (Wildman–Crippen MR) is 49.3 cm³/mol. The van der Waals surface area contributed by atoms with Crippen LogP contribution in [0.3, 0.4) is 0 Å². The van der Waals surface area contributed by atoms with Crippen molar-refractivity contribution in [1.29, 1.82) is 0 Å². The van der Waals surface area contributed by atoms with E-state index in [2.05, 4.69) is 30.5 Å². The van der Waals surface area contributed by atoms with Crippen LogP contribution in [0.4, 0.5) is 0 Å². The second-order valence-corrected chi connectivity index (χ2v) is 3.59. The number of nitrogens with zero attached hydrogens (tertiary/aromatic N) is 2. The average molecular weight is 154 g/mol. The molecule has 0 bridgehead atoms. The van der Waals surface area contributed by atoms with E-state index < -0.39 is 0 Å². The third-order valence-corrected chi connectivity index (χ3v) is 2.76. The van der Waals surface area contributed by atoms with Gasteiger partial charge in [0.05, 0.1) is 5.54 Å². The van der Waals surface area contributed by atoms with Crippen LogP contribution in [0.5, 0.6) is 0 Å². The van der Waals surface area contributed by atoms with Crippen LogP contribution in [0.2, 0.25) is 0 Å². The normalized spacial score (nSPS) is 24.9. The standard InChI is InChI=1S/C9H18N2/c1-4-11-7-5-9(2,10-3)6-8-11/h3-8H2,1-2H3. The number of hydrogen-bond acceptors (Lipinski definition) is 2. The Labute approximate surface area is 69.3 Å². The van der Waals surface area contributed by atoms with Gasteiger partial charge in [0.1, 0.15) is 0 Å². The maximum Gasteiger partial charge on any atom is 0.0597 e. The van der Waals surface area contributed by atoms with Gasteiger partial charge in [-0.1, -0.05) is 6.92 Å². The zero-order chi connectivity index (χ0) is 8.32. The van der Waals surface area contributed by atoms with E-state index in [0.717, 1.165) is 0 Å². The van der Waals surface area contributed by atoms with Crippen LogP contribution in [0.15, 0.2) is 4.99 Å². The summed E-state index contributed by atoms with van der Waals surface area (Å²) < 4.78 is 0. The Morgan fingerprint density at radius 2 is 2.00 bits per heavy atom. The monoisotopic (exact) mass is 154 g/mol. The minimum atomic E-state index is 0.172. The van der Waals surface area contributed by atoms with E-state index in [4.69, 9.17) is 0 Å². The first-order valence-electron chi connectivity index (χ1n) is 4.40. The topological polar surface area (TPSA) is 15.6 Å². The fraction of sp³-hybridized carbons (Fsp3) is 0.889. The largest absolute Gasteiger partial charge is 0.303 e.